The molecular weight excluding hydrogens is 503 g/mol. The second-order valence-electron chi connectivity index (χ2n) is 9.30. The number of ether oxygens (including phenoxy) is 1. The quantitative estimate of drug-likeness (QED) is 0.264. The van der Waals surface area contributed by atoms with Crippen LogP contribution < -0.4 is 4.74 Å². The fraction of sp³-hybridized carbons (Fsp3) is 0.370. The number of aryl methyl sites for hydroxylation is 1. The minimum atomic E-state index is -0.883. The summed E-state index contributed by atoms with van der Waals surface area (Å²) >= 11 is 12.6. The van der Waals surface area contributed by atoms with E-state index in [1.54, 1.807) is 12.1 Å². The minimum Gasteiger partial charge on any atom is -0.494 e. The lowest BCUT2D eigenvalue weighted by Gasteiger charge is -2.32. The van der Waals surface area contributed by atoms with Crippen molar-refractivity contribution in [1.29, 1.82) is 0 Å². The van der Waals surface area contributed by atoms with Crippen LogP contribution in [0.1, 0.15) is 42.0 Å². The van der Waals surface area contributed by atoms with E-state index in [-0.39, 0.29) is 30.8 Å². The molecule has 1 atom stereocenters. The molecule has 7 nitrogen and oxygen atoms in total. The number of hydrogen-bond donors (Lipinski definition) is 3. The second kappa shape index (κ2) is 11.5. The van der Waals surface area contributed by atoms with E-state index in [4.69, 9.17) is 27.9 Å². The van der Waals surface area contributed by atoms with E-state index in [2.05, 4.69) is 4.90 Å². The van der Waals surface area contributed by atoms with Gasteiger partial charge in [0.25, 0.3) is 0 Å². The van der Waals surface area contributed by atoms with E-state index in [0.29, 0.717) is 34.8 Å². The number of nitrogens with zero attached hydrogens (tertiary/aromatic N) is 2. The lowest BCUT2D eigenvalue weighted by Crippen LogP contribution is -2.32. The number of carboxylic acid groups (broad SMARTS) is 1. The second-order valence-corrected chi connectivity index (χ2v) is 10.1. The summed E-state index contributed by atoms with van der Waals surface area (Å²) in [6.45, 7) is 3.90. The summed E-state index contributed by atoms with van der Waals surface area (Å²) in [6.07, 6.45) is 2.22. The molecule has 192 valence electrons. The van der Waals surface area contributed by atoms with E-state index in [0.717, 1.165) is 36.1 Å². The third-order valence-electron chi connectivity index (χ3n) is 6.45. The van der Waals surface area contributed by atoms with Crippen LogP contribution in [0.4, 0.5) is 0 Å². The summed E-state index contributed by atoms with van der Waals surface area (Å²) < 4.78 is 7.25. The lowest BCUT2D eigenvalue weighted by molar-refractivity contribution is -0.138. The molecule has 4 rings (SSSR count). The Bertz CT molecular complexity index is 1210. The predicted molar refractivity (Wildman–Crippen MR) is 139 cm³/mol. The van der Waals surface area contributed by atoms with E-state index < -0.39 is 5.97 Å². The maximum absolute atomic E-state index is 11.8. The van der Waals surface area contributed by atoms with Gasteiger partial charge in [0.1, 0.15) is 12.4 Å². The molecule has 0 bridgehead atoms. The molecule has 0 amide bonds. The van der Waals surface area contributed by atoms with Gasteiger partial charge in [0.15, 0.2) is 11.8 Å². The number of aromatic hydroxyl groups is 2. The Balaban J connectivity index is 1.50. The van der Waals surface area contributed by atoms with Crippen molar-refractivity contribution in [3.8, 4) is 17.5 Å². The van der Waals surface area contributed by atoms with E-state index in [9.17, 15) is 20.1 Å². The fourth-order valence-electron chi connectivity index (χ4n) is 4.44. The van der Waals surface area contributed by atoms with Crippen molar-refractivity contribution in [3.05, 3.63) is 75.3 Å². The van der Waals surface area contributed by atoms with Gasteiger partial charge in [0.05, 0.1) is 13.0 Å². The summed E-state index contributed by atoms with van der Waals surface area (Å²) in [5.74, 6) is 0.344. The van der Waals surface area contributed by atoms with Gasteiger partial charge in [-0.2, -0.15) is 0 Å². The van der Waals surface area contributed by atoms with Gasteiger partial charge < -0.3 is 20.1 Å². The van der Waals surface area contributed by atoms with E-state index >= 15 is 0 Å². The monoisotopic (exact) mass is 532 g/mol. The average Bonchev–Trinajstić information content (AvgIpc) is 3.58. The third kappa shape index (κ3) is 6.66. The molecule has 0 spiro atoms. The Kier molecular flexibility index (Phi) is 8.34. The molecule has 3 N–H and O–H groups in total. The van der Waals surface area contributed by atoms with Crippen LogP contribution in [0.3, 0.4) is 0 Å². The van der Waals surface area contributed by atoms with Gasteiger partial charge in [0.2, 0.25) is 0 Å². The number of halogens is 2. The van der Waals surface area contributed by atoms with Gasteiger partial charge in [0, 0.05) is 41.3 Å². The molecule has 1 aliphatic carbocycles. The highest BCUT2D eigenvalue weighted by molar-refractivity contribution is 6.35. The van der Waals surface area contributed by atoms with Gasteiger partial charge in [-0.15, -0.1) is 0 Å². The van der Waals surface area contributed by atoms with Crippen LogP contribution in [0.25, 0.3) is 0 Å². The van der Waals surface area contributed by atoms with Crippen molar-refractivity contribution in [2.45, 2.75) is 45.3 Å². The maximum Gasteiger partial charge on any atom is 0.305 e. The Morgan fingerprint density at radius 1 is 1.11 bits per heavy atom. The number of benzene rings is 2. The lowest BCUT2D eigenvalue weighted by atomic mass is 10.00. The number of aromatic nitrogens is 1. The molecule has 1 fully saturated rings. The van der Waals surface area contributed by atoms with Crippen LogP contribution in [0.2, 0.25) is 10.0 Å². The summed E-state index contributed by atoms with van der Waals surface area (Å²) in [5.41, 5.74) is 2.75. The third-order valence-corrected chi connectivity index (χ3v) is 7.01. The Morgan fingerprint density at radius 3 is 2.44 bits per heavy atom. The zero-order valence-corrected chi connectivity index (χ0v) is 21.5. The molecule has 0 aliphatic heterocycles. The van der Waals surface area contributed by atoms with Crippen molar-refractivity contribution in [3.63, 3.8) is 0 Å². The van der Waals surface area contributed by atoms with Crippen LogP contribution in [-0.2, 0) is 17.9 Å². The first-order chi connectivity index (χ1) is 17.2. The number of aliphatic carboxylic acids is 1. The van der Waals surface area contributed by atoms with Crippen molar-refractivity contribution in [1.82, 2.24) is 9.47 Å². The number of hydrogen-bond acceptors (Lipinski definition) is 5. The Hall–Kier alpha value is -2.87. The average molecular weight is 533 g/mol. The van der Waals surface area contributed by atoms with Crippen molar-refractivity contribution >= 4 is 29.2 Å². The smallest absolute Gasteiger partial charge is 0.305 e. The Morgan fingerprint density at radius 2 is 1.83 bits per heavy atom. The standard InChI is InChI=1S/C27H30Cl2N2O5/c1-17-12-19(4-7-24(17)36-11-10-31-25(32)8-9-26(31)33)16-30(15-18-2-3-18)23(14-27(34)35)21-6-5-20(28)13-22(21)29/h4-9,12-13,18,23,32-33H,2-3,10-11,14-16H2,1H3,(H,34,35). The van der Waals surface area contributed by atoms with Gasteiger partial charge >= 0.3 is 5.97 Å². The molecule has 1 aliphatic rings. The topological polar surface area (TPSA) is 95.2 Å². The van der Waals surface area contributed by atoms with Crippen molar-refractivity contribution in [2.75, 3.05) is 13.2 Å². The SMILES string of the molecule is Cc1cc(CN(CC2CC2)C(CC(=O)O)c2ccc(Cl)cc2Cl)ccc1OCCn1c(O)ccc1O. The van der Waals surface area contributed by atoms with E-state index in [1.165, 1.54) is 16.7 Å². The van der Waals surface area contributed by atoms with Crippen molar-refractivity contribution < 1.29 is 24.9 Å². The minimum absolute atomic E-state index is 0.0179. The summed E-state index contributed by atoms with van der Waals surface area (Å²) in [5, 5.41) is 30.2. The normalized spacial score (nSPS) is 14.2. The van der Waals surface area contributed by atoms with Crippen LogP contribution in [0, 0.1) is 12.8 Å². The molecule has 3 aromatic rings. The van der Waals surface area contributed by atoms with Crippen LogP contribution in [0.15, 0.2) is 48.5 Å². The summed E-state index contributed by atoms with van der Waals surface area (Å²) in [4.78, 5) is 14.0. The van der Waals surface area contributed by atoms with Gasteiger partial charge in [-0.3, -0.25) is 14.3 Å². The molecule has 0 saturated heterocycles. The molecule has 1 aromatic heterocycles. The fourth-order valence-corrected chi connectivity index (χ4v) is 4.97. The molecular formula is C27H30Cl2N2O5. The first-order valence-corrected chi connectivity index (χ1v) is 12.7. The van der Waals surface area contributed by atoms with E-state index in [1.807, 2.05) is 31.2 Å². The number of carbonyl (C=O) groups is 1. The molecule has 2 aromatic carbocycles. The van der Waals surface area contributed by atoms with Gasteiger partial charge in [-0.1, -0.05) is 41.4 Å². The maximum atomic E-state index is 11.8. The van der Waals surface area contributed by atoms with Crippen LogP contribution in [0.5, 0.6) is 17.5 Å². The molecule has 1 unspecified atom stereocenters. The molecule has 1 heterocycles. The summed E-state index contributed by atoms with van der Waals surface area (Å²) in [6, 6.07) is 13.6. The van der Waals surface area contributed by atoms with Crippen molar-refractivity contribution in [2.24, 2.45) is 5.92 Å². The highest BCUT2D eigenvalue weighted by Crippen LogP contribution is 2.38. The number of rotatable bonds is 12. The largest absolute Gasteiger partial charge is 0.494 e. The van der Waals surface area contributed by atoms with Gasteiger partial charge in [-0.25, -0.2) is 0 Å². The molecule has 1 saturated carbocycles. The zero-order chi connectivity index (χ0) is 25.8. The molecule has 0 radical (unpaired) electrons. The molecule has 36 heavy (non-hydrogen) atoms. The highest BCUT2D eigenvalue weighted by atomic mass is 35.5. The van der Waals surface area contributed by atoms with Crippen LogP contribution >= 0.6 is 23.2 Å². The van der Waals surface area contributed by atoms with Gasteiger partial charge in [-0.05, 0) is 60.6 Å². The Labute approximate surface area is 220 Å². The number of carboxylic acids is 1. The zero-order valence-electron chi connectivity index (χ0n) is 20.0. The van der Waals surface area contributed by atoms with Crippen LogP contribution in [-0.4, -0.2) is 43.9 Å². The first kappa shape index (κ1) is 26.2. The summed E-state index contributed by atoms with van der Waals surface area (Å²) in [7, 11) is 0. The highest BCUT2D eigenvalue weighted by Gasteiger charge is 2.31. The molecule has 9 heteroatoms. The first-order valence-electron chi connectivity index (χ1n) is 11.9. The predicted octanol–water partition coefficient (Wildman–Crippen LogP) is 6.02.